The highest BCUT2D eigenvalue weighted by Crippen LogP contribution is 2.24. The number of benzene rings is 2. The van der Waals surface area contributed by atoms with Crippen LogP contribution >= 0.6 is 0 Å². The summed E-state index contributed by atoms with van der Waals surface area (Å²) in [6, 6.07) is 14.2. The van der Waals surface area contributed by atoms with Crippen molar-refractivity contribution in [1.29, 1.82) is 0 Å². The first-order valence-corrected chi connectivity index (χ1v) is 9.36. The Hall–Kier alpha value is -3.74. The van der Waals surface area contributed by atoms with Gasteiger partial charge in [0.1, 0.15) is 5.75 Å². The minimum Gasteiger partial charge on any atom is -0.424 e. The van der Waals surface area contributed by atoms with E-state index in [9.17, 15) is 4.79 Å². The molecule has 146 valence electrons. The van der Waals surface area contributed by atoms with E-state index in [1.807, 2.05) is 37.3 Å². The van der Waals surface area contributed by atoms with Crippen LogP contribution in [0.25, 0.3) is 22.0 Å². The zero-order valence-corrected chi connectivity index (χ0v) is 16.2. The summed E-state index contributed by atoms with van der Waals surface area (Å²) in [5.74, 6) is 0.630. The molecule has 2 heterocycles. The molecule has 7 nitrogen and oxygen atoms in total. The van der Waals surface area contributed by atoms with Crippen LogP contribution in [0.3, 0.4) is 0 Å². The highest BCUT2D eigenvalue weighted by molar-refractivity contribution is 5.79. The fourth-order valence-corrected chi connectivity index (χ4v) is 3.19. The first kappa shape index (κ1) is 18.6. The van der Waals surface area contributed by atoms with E-state index in [4.69, 9.17) is 4.74 Å². The van der Waals surface area contributed by atoms with Crippen LogP contribution in [0.5, 0.6) is 11.8 Å². The van der Waals surface area contributed by atoms with Crippen LogP contribution in [0.1, 0.15) is 19.4 Å². The number of H-pyrrole nitrogens is 1. The molecule has 4 aromatic rings. The number of rotatable bonds is 6. The van der Waals surface area contributed by atoms with Gasteiger partial charge < -0.3 is 10.1 Å². The Morgan fingerprint density at radius 2 is 1.83 bits per heavy atom. The van der Waals surface area contributed by atoms with E-state index in [2.05, 4.69) is 37.6 Å². The molecule has 1 amide bonds. The van der Waals surface area contributed by atoms with Crippen molar-refractivity contribution in [2.45, 2.75) is 26.3 Å². The lowest BCUT2D eigenvalue weighted by Gasteiger charge is -2.12. The zero-order valence-electron chi connectivity index (χ0n) is 16.2. The summed E-state index contributed by atoms with van der Waals surface area (Å²) in [6.07, 6.45) is 6.03. The molecule has 29 heavy (non-hydrogen) atoms. The second-order valence-electron chi connectivity index (χ2n) is 6.98. The second kappa shape index (κ2) is 8.10. The van der Waals surface area contributed by atoms with Crippen molar-refractivity contribution in [2.75, 3.05) is 0 Å². The third kappa shape index (κ3) is 4.57. The van der Waals surface area contributed by atoms with Gasteiger partial charge in [0.2, 0.25) is 5.91 Å². The van der Waals surface area contributed by atoms with Crippen LogP contribution in [0, 0.1) is 0 Å². The Morgan fingerprint density at radius 1 is 1.07 bits per heavy atom. The summed E-state index contributed by atoms with van der Waals surface area (Å²) in [7, 11) is 0. The van der Waals surface area contributed by atoms with Crippen molar-refractivity contribution < 1.29 is 9.53 Å². The van der Waals surface area contributed by atoms with Gasteiger partial charge in [0.25, 0.3) is 0 Å². The van der Waals surface area contributed by atoms with Crippen LogP contribution in [-0.2, 0) is 11.2 Å². The number of carbonyl (C=O) groups excluding carboxylic acids is 1. The van der Waals surface area contributed by atoms with Crippen molar-refractivity contribution >= 4 is 16.8 Å². The monoisotopic (exact) mass is 387 g/mol. The number of hydrogen-bond acceptors (Lipinski definition) is 5. The van der Waals surface area contributed by atoms with Crippen molar-refractivity contribution in [2.24, 2.45) is 0 Å². The number of aromatic nitrogens is 4. The maximum atomic E-state index is 11.1. The smallest absolute Gasteiger partial charge is 0.321 e. The van der Waals surface area contributed by atoms with Gasteiger partial charge in [0, 0.05) is 42.4 Å². The average molecular weight is 387 g/mol. The normalized spacial score (nSPS) is 11.9. The van der Waals surface area contributed by atoms with E-state index in [-0.39, 0.29) is 18.0 Å². The second-order valence-corrected chi connectivity index (χ2v) is 6.98. The van der Waals surface area contributed by atoms with Crippen LogP contribution in [0.15, 0.2) is 61.1 Å². The topological polar surface area (TPSA) is 92.8 Å². The number of nitrogens with zero attached hydrogens (tertiary/aromatic N) is 3. The molecule has 0 saturated heterocycles. The summed E-state index contributed by atoms with van der Waals surface area (Å²) in [4.78, 5) is 19.8. The maximum Gasteiger partial charge on any atom is 0.321 e. The molecule has 0 aliphatic heterocycles. The standard InChI is InChI=1S/C22H21N5O2/c1-14(26-15(2)28)9-16-3-5-17(6-4-16)19-11-23-22(24-12-19)29-20-8-7-18-13-25-27-21(18)10-20/h3-8,10-14H,9H2,1-2H3,(H,25,27)(H,26,28). The summed E-state index contributed by atoms with van der Waals surface area (Å²) >= 11 is 0. The Balaban J connectivity index is 1.42. The van der Waals surface area contributed by atoms with Crippen LogP contribution in [-0.4, -0.2) is 32.1 Å². The minimum absolute atomic E-state index is 0.0157. The van der Waals surface area contributed by atoms with E-state index in [1.54, 1.807) is 18.6 Å². The van der Waals surface area contributed by atoms with Crippen molar-refractivity contribution in [3.8, 4) is 22.9 Å². The van der Waals surface area contributed by atoms with E-state index in [1.165, 1.54) is 6.92 Å². The first-order chi connectivity index (χ1) is 14.1. The average Bonchev–Trinajstić information content (AvgIpc) is 3.16. The molecule has 0 spiro atoms. The quantitative estimate of drug-likeness (QED) is 0.524. The lowest BCUT2D eigenvalue weighted by Crippen LogP contribution is -2.31. The molecule has 1 atom stereocenters. The predicted molar refractivity (Wildman–Crippen MR) is 111 cm³/mol. The number of fused-ring (bicyclic) bond motifs is 1. The van der Waals surface area contributed by atoms with Crippen molar-refractivity contribution in [3.63, 3.8) is 0 Å². The number of ether oxygens (including phenoxy) is 1. The molecule has 0 aliphatic rings. The van der Waals surface area contributed by atoms with Gasteiger partial charge in [-0.2, -0.15) is 5.10 Å². The van der Waals surface area contributed by atoms with Gasteiger partial charge in [-0.05, 0) is 36.6 Å². The third-order valence-corrected chi connectivity index (χ3v) is 4.53. The molecule has 0 fully saturated rings. The Labute approximate surface area is 168 Å². The fourth-order valence-electron chi connectivity index (χ4n) is 3.19. The number of amides is 1. The first-order valence-electron chi connectivity index (χ1n) is 9.36. The largest absolute Gasteiger partial charge is 0.424 e. The number of hydrogen-bond donors (Lipinski definition) is 2. The molecule has 1 unspecified atom stereocenters. The molecular formula is C22H21N5O2. The Bertz CT molecular complexity index is 1120. The van der Waals surface area contributed by atoms with Gasteiger partial charge in [0.05, 0.1) is 11.7 Å². The van der Waals surface area contributed by atoms with Gasteiger partial charge >= 0.3 is 6.01 Å². The van der Waals surface area contributed by atoms with Crippen LogP contribution < -0.4 is 10.1 Å². The number of nitrogens with one attached hydrogen (secondary N) is 2. The molecule has 2 aromatic carbocycles. The van der Waals surface area contributed by atoms with Crippen LogP contribution in [0.4, 0.5) is 0 Å². The van der Waals surface area contributed by atoms with E-state index in [0.717, 1.165) is 34.0 Å². The van der Waals surface area contributed by atoms with Gasteiger partial charge in [-0.15, -0.1) is 0 Å². The maximum absolute atomic E-state index is 11.1. The third-order valence-electron chi connectivity index (χ3n) is 4.53. The molecule has 0 saturated carbocycles. The predicted octanol–water partition coefficient (Wildman–Crippen LogP) is 3.88. The number of carbonyl (C=O) groups is 1. The summed E-state index contributed by atoms with van der Waals surface area (Å²) < 4.78 is 5.74. The molecule has 0 bridgehead atoms. The molecule has 2 N–H and O–H groups in total. The van der Waals surface area contributed by atoms with Gasteiger partial charge in [-0.3, -0.25) is 9.89 Å². The lowest BCUT2D eigenvalue weighted by atomic mass is 10.0. The minimum atomic E-state index is -0.0157. The molecular weight excluding hydrogens is 366 g/mol. The molecule has 7 heteroatoms. The van der Waals surface area contributed by atoms with Gasteiger partial charge in [-0.25, -0.2) is 9.97 Å². The summed E-state index contributed by atoms with van der Waals surface area (Å²) in [5, 5.41) is 10.8. The molecule has 4 rings (SSSR count). The molecule has 0 radical (unpaired) electrons. The van der Waals surface area contributed by atoms with Crippen molar-refractivity contribution in [1.82, 2.24) is 25.5 Å². The highest BCUT2D eigenvalue weighted by atomic mass is 16.5. The zero-order chi connectivity index (χ0) is 20.2. The number of aromatic amines is 1. The summed E-state index contributed by atoms with van der Waals surface area (Å²) in [6.45, 7) is 3.52. The van der Waals surface area contributed by atoms with E-state index < -0.39 is 0 Å². The lowest BCUT2D eigenvalue weighted by molar-refractivity contribution is -0.119. The van der Waals surface area contributed by atoms with Crippen molar-refractivity contribution in [3.05, 3.63) is 66.6 Å². The fraction of sp³-hybridized carbons (Fsp3) is 0.182. The van der Waals surface area contributed by atoms with Gasteiger partial charge in [0.15, 0.2) is 0 Å². The highest BCUT2D eigenvalue weighted by Gasteiger charge is 2.07. The summed E-state index contributed by atoms with van der Waals surface area (Å²) in [5.41, 5.74) is 3.98. The Morgan fingerprint density at radius 3 is 2.55 bits per heavy atom. The SMILES string of the molecule is CC(=O)NC(C)Cc1ccc(-c2cnc(Oc3ccc4cn[nH]c4c3)nc2)cc1. The van der Waals surface area contributed by atoms with E-state index in [0.29, 0.717) is 5.75 Å². The van der Waals surface area contributed by atoms with E-state index >= 15 is 0 Å². The molecule has 0 aliphatic carbocycles. The molecule has 2 aromatic heterocycles. The van der Waals surface area contributed by atoms with Gasteiger partial charge in [-0.1, -0.05) is 24.3 Å². The van der Waals surface area contributed by atoms with Crippen LogP contribution in [0.2, 0.25) is 0 Å². The Kier molecular flexibility index (Phi) is 5.20.